The van der Waals surface area contributed by atoms with Gasteiger partial charge in [-0.05, 0) is 73.6 Å². The number of thiazole rings is 1. The van der Waals surface area contributed by atoms with Crippen LogP contribution in [0.1, 0.15) is 87.2 Å². The molecule has 0 saturated heterocycles. The van der Waals surface area contributed by atoms with Crippen molar-refractivity contribution in [3.8, 4) is 11.5 Å². The third kappa shape index (κ3) is 7.92. The molecule has 0 radical (unpaired) electrons. The van der Waals surface area contributed by atoms with E-state index in [1.54, 1.807) is 11.5 Å². The predicted molar refractivity (Wildman–Crippen MR) is 197 cm³/mol. The van der Waals surface area contributed by atoms with Gasteiger partial charge in [0.15, 0.2) is 16.3 Å². The van der Waals surface area contributed by atoms with E-state index in [0.29, 0.717) is 62.5 Å². The van der Waals surface area contributed by atoms with Crippen molar-refractivity contribution in [1.82, 2.24) is 4.57 Å². The first-order valence-corrected chi connectivity index (χ1v) is 18.0. The molecule has 3 aromatic carbocycles. The number of halogens is 1. The molecular weight excluding hydrogens is 656 g/mol. The van der Waals surface area contributed by atoms with Gasteiger partial charge in [-0.2, -0.15) is 0 Å². The molecular formula is C40H43ClN2O5S. The SMILES string of the molecule is C=CCc1cc(/C=c2/sc3n(c2=O)[C@@H](c2ccc(C(C)C)cc2)C(C(=O)OCC)=C(CCC)N=3)cc(OCC)c1OCc1ccccc1Cl. The van der Waals surface area contributed by atoms with E-state index in [4.69, 9.17) is 30.8 Å². The number of aromatic nitrogens is 1. The van der Waals surface area contributed by atoms with Crippen LogP contribution in [0, 0.1) is 0 Å². The minimum Gasteiger partial charge on any atom is -0.490 e. The van der Waals surface area contributed by atoms with Crippen molar-refractivity contribution in [3.05, 3.63) is 137 Å². The normalized spacial score (nSPS) is 14.4. The Bertz CT molecular complexity index is 2040. The average Bonchev–Trinajstić information content (AvgIpc) is 3.38. The number of rotatable bonds is 14. The van der Waals surface area contributed by atoms with Gasteiger partial charge < -0.3 is 14.2 Å². The summed E-state index contributed by atoms with van der Waals surface area (Å²) >= 11 is 7.71. The van der Waals surface area contributed by atoms with Gasteiger partial charge in [0.1, 0.15) is 6.61 Å². The molecule has 7 nitrogen and oxygen atoms in total. The van der Waals surface area contributed by atoms with Crippen molar-refractivity contribution in [3.63, 3.8) is 0 Å². The van der Waals surface area contributed by atoms with Gasteiger partial charge in [0.25, 0.3) is 5.56 Å². The van der Waals surface area contributed by atoms with Gasteiger partial charge in [0.2, 0.25) is 0 Å². The minimum atomic E-state index is -0.670. The van der Waals surface area contributed by atoms with E-state index >= 15 is 0 Å². The molecule has 0 bridgehead atoms. The van der Waals surface area contributed by atoms with E-state index in [2.05, 4.69) is 32.6 Å². The van der Waals surface area contributed by atoms with Crippen LogP contribution in [0.15, 0.2) is 94.4 Å². The second-order valence-corrected chi connectivity index (χ2v) is 13.5. The molecule has 4 aromatic rings. The van der Waals surface area contributed by atoms with Crippen LogP contribution in [0.25, 0.3) is 6.08 Å². The van der Waals surface area contributed by atoms with Crippen molar-refractivity contribution in [2.45, 2.75) is 72.4 Å². The quantitative estimate of drug-likeness (QED) is 0.0984. The zero-order valence-electron chi connectivity index (χ0n) is 28.8. The lowest BCUT2D eigenvalue weighted by atomic mass is 9.92. The summed E-state index contributed by atoms with van der Waals surface area (Å²) in [6, 6.07) is 18.9. The number of nitrogens with zero attached hydrogens (tertiary/aromatic N) is 2. The summed E-state index contributed by atoms with van der Waals surface area (Å²) in [6.45, 7) is 14.9. The molecule has 0 aliphatic carbocycles. The molecule has 49 heavy (non-hydrogen) atoms. The Labute approximate surface area is 296 Å². The van der Waals surface area contributed by atoms with Gasteiger partial charge in [-0.1, -0.05) is 98.7 Å². The molecule has 0 spiro atoms. The average molecular weight is 699 g/mol. The first kappa shape index (κ1) is 35.9. The molecule has 5 rings (SSSR count). The van der Waals surface area contributed by atoms with Crippen LogP contribution in [0.2, 0.25) is 5.02 Å². The summed E-state index contributed by atoms with van der Waals surface area (Å²) < 4.78 is 20.1. The van der Waals surface area contributed by atoms with Crippen molar-refractivity contribution in [1.29, 1.82) is 0 Å². The fraction of sp³-hybridized carbons (Fsp3) is 0.325. The highest BCUT2D eigenvalue weighted by Gasteiger charge is 2.34. The summed E-state index contributed by atoms with van der Waals surface area (Å²) in [4.78, 5) is 33.4. The molecule has 0 amide bonds. The molecule has 1 atom stereocenters. The van der Waals surface area contributed by atoms with E-state index in [0.717, 1.165) is 28.7 Å². The lowest BCUT2D eigenvalue weighted by molar-refractivity contribution is -0.139. The maximum atomic E-state index is 14.4. The zero-order chi connectivity index (χ0) is 35.1. The van der Waals surface area contributed by atoms with Crippen LogP contribution in [0.5, 0.6) is 11.5 Å². The Hall–Kier alpha value is -4.40. The molecule has 2 heterocycles. The lowest BCUT2D eigenvalue weighted by Gasteiger charge is -2.26. The van der Waals surface area contributed by atoms with Crippen molar-refractivity contribution >= 4 is 35.0 Å². The Morgan fingerprint density at radius 2 is 1.80 bits per heavy atom. The maximum absolute atomic E-state index is 14.4. The van der Waals surface area contributed by atoms with Crippen molar-refractivity contribution in [2.24, 2.45) is 4.99 Å². The summed E-state index contributed by atoms with van der Waals surface area (Å²) in [6.07, 6.45) is 5.55. The highest BCUT2D eigenvalue weighted by atomic mass is 35.5. The maximum Gasteiger partial charge on any atom is 0.338 e. The number of hydrogen-bond donors (Lipinski definition) is 0. The molecule has 1 aliphatic rings. The second kappa shape index (κ2) is 16.3. The number of hydrogen-bond acceptors (Lipinski definition) is 7. The fourth-order valence-corrected chi connectivity index (χ4v) is 7.13. The highest BCUT2D eigenvalue weighted by molar-refractivity contribution is 7.07. The Morgan fingerprint density at radius 3 is 2.45 bits per heavy atom. The smallest absolute Gasteiger partial charge is 0.338 e. The fourth-order valence-electron chi connectivity index (χ4n) is 5.92. The predicted octanol–water partition coefficient (Wildman–Crippen LogP) is 8.06. The van der Waals surface area contributed by atoms with Gasteiger partial charge in [-0.3, -0.25) is 9.36 Å². The number of fused-ring (bicyclic) bond motifs is 1. The molecule has 0 unspecified atom stereocenters. The van der Waals surface area contributed by atoms with Crippen LogP contribution < -0.4 is 24.4 Å². The number of ether oxygens (including phenoxy) is 3. The highest BCUT2D eigenvalue weighted by Crippen LogP contribution is 2.36. The molecule has 0 saturated carbocycles. The minimum absolute atomic E-state index is 0.221. The second-order valence-electron chi connectivity index (χ2n) is 12.0. The molecule has 9 heteroatoms. The third-order valence-electron chi connectivity index (χ3n) is 8.26. The Morgan fingerprint density at radius 1 is 1.04 bits per heavy atom. The Kier molecular flexibility index (Phi) is 12.0. The van der Waals surface area contributed by atoms with E-state index < -0.39 is 12.0 Å². The van der Waals surface area contributed by atoms with E-state index in [-0.39, 0.29) is 18.8 Å². The van der Waals surface area contributed by atoms with Gasteiger partial charge >= 0.3 is 5.97 Å². The number of benzene rings is 3. The number of carbonyl (C=O) groups is 1. The van der Waals surface area contributed by atoms with Crippen LogP contribution >= 0.6 is 22.9 Å². The standard InChI is InChI=1S/C40H43ClN2O5S/c1-7-13-29-21-26(22-33(46-9-3)37(29)48-24-30-15-11-12-16-31(30)41)23-34-38(44)43-36(28-19-17-27(18-20-28)25(5)6)35(39(45)47-10-4)32(14-8-2)42-40(43)49-34/h7,11-12,15-23,25,36H,1,8-10,13-14,24H2,2-6H3/b34-23+/t36-/m0/s1. The summed E-state index contributed by atoms with van der Waals surface area (Å²) in [5, 5.41) is 0.625. The van der Waals surface area contributed by atoms with E-state index in [1.165, 1.54) is 16.9 Å². The molecule has 1 aromatic heterocycles. The molecule has 0 N–H and O–H groups in total. The molecule has 256 valence electrons. The van der Waals surface area contributed by atoms with E-state index in [1.807, 2.05) is 74.5 Å². The van der Waals surface area contributed by atoms with Gasteiger partial charge in [-0.25, -0.2) is 9.79 Å². The molecule has 0 fully saturated rings. The zero-order valence-corrected chi connectivity index (χ0v) is 30.3. The topological polar surface area (TPSA) is 79.1 Å². The Balaban J connectivity index is 1.66. The lowest BCUT2D eigenvalue weighted by Crippen LogP contribution is -2.40. The van der Waals surface area contributed by atoms with Crippen molar-refractivity contribution in [2.75, 3.05) is 13.2 Å². The van der Waals surface area contributed by atoms with Gasteiger partial charge in [0, 0.05) is 16.1 Å². The first-order valence-electron chi connectivity index (χ1n) is 16.8. The van der Waals surface area contributed by atoms with Crippen molar-refractivity contribution < 1.29 is 19.0 Å². The number of esters is 1. The van der Waals surface area contributed by atoms with Gasteiger partial charge in [-0.15, -0.1) is 6.58 Å². The number of allylic oxidation sites excluding steroid dienone is 2. The third-order valence-corrected chi connectivity index (χ3v) is 9.61. The summed E-state index contributed by atoms with van der Waals surface area (Å²) in [7, 11) is 0. The summed E-state index contributed by atoms with van der Waals surface area (Å²) in [5.74, 6) is 1.05. The van der Waals surface area contributed by atoms with Crippen LogP contribution in [0.4, 0.5) is 0 Å². The monoisotopic (exact) mass is 698 g/mol. The largest absolute Gasteiger partial charge is 0.490 e. The first-order chi connectivity index (χ1) is 23.7. The summed E-state index contributed by atoms with van der Waals surface area (Å²) in [5.41, 5.74) is 5.32. The van der Waals surface area contributed by atoms with Crippen LogP contribution in [-0.4, -0.2) is 23.8 Å². The molecule has 1 aliphatic heterocycles. The van der Waals surface area contributed by atoms with Crippen LogP contribution in [-0.2, 0) is 22.6 Å². The van der Waals surface area contributed by atoms with Gasteiger partial charge in [0.05, 0.1) is 35.1 Å². The number of carbonyl (C=O) groups excluding carboxylic acids is 1. The van der Waals surface area contributed by atoms with Crippen LogP contribution in [0.3, 0.4) is 0 Å². The van der Waals surface area contributed by atoms with E-state index in [9.17, 15) is 9.59 Å².